The normalized spacial score (nSPS) is 14.5. The number of anilines is 2. The highest BCUT2D eigenvalue weighted by Crippen LogP contribution is 2.21. The number of halogens is 1. The van der Waals surface area contributed by atoms with Gasteiger partial charge in [-0.2, -0.15) is 5.26 Å². The number of aromatic hydroxyl groups is 1. The van der Waals surface area contributed by atoms with E-state index in [0.29, 0.717) is 37.4 Å². The number of rotatable bonds is 4. The van der Waals surface area contributed by atoms with Crippen LogP contribution in [0.15, 0.2) is 54.2 Å². The third-order valence-corrected chi connectivity index (χ3v) is 4.64. The summed E-state index contributed by atoms with van der Waals surface area (Å²) in [6.45, 7) is 4.47. The molecule has 7 heteroatoms. The molecule has 2 aromatic carbocycles. The van der Waals surface area contributed by atoms with E-state index in [1.807, 2.05) is 11.0 Å². The van der Waals surface area contributed by atoms with Crippen molar-refractivity contribution in [2.75, 3.05) is 36.4 Å². The van der Waals surface area contributed by atoms with Crippen molar-refractivity contribution < 1.29 is 14.3 Å². The van der Waals surface area contributed by atoms with Crippen LogP contribution in [0.1, 0.15) is 5.56 Å². The quantitative estimate of drug-likeness (QED) is 0.484. The lowest BCUT2D eigenvalue weighted by atomic mass is 10.1. The minimum absolute atomic E-state index is 0.0164. The number of phenols is 1. The second-order valence-corrected chi connectivity index (χ2v) is 6.61. The van der Waals surface area contributed by atoms with Crippen LogP contribution in [0.5, 0.6) is 5.75 Å². The summed E-state index contributed by atoms with van der Waals surface area (Å²) in [5.41, 5.74) is 2.22. The first-order valence-electron chi connectivity index (χ1n) is 8.94. The largest absolute Gasteiger partial charge is 0.508 e. The molecule has 6 nitrogen and oxygen atoms in total. The number of nitrogens with zero attached hydrogens (tertiary/aromatic N) is 3. The van der Waals surface area contributed by atoms with Crippen LogP contribution in [0.4, 0.5) is 15.8 Å². The molecule has 0 aromatic heterocycles. The summed E-state index contributed by atoms with van der Waals surface area (Å²) in [6.07, 6.45) is 1.58. The van der Waals surface area contributed by atoms with Crippen LogP contribution in [-0.4, -0.2) is 42.1 Å². The first kappa shape index (κ1) is 19.2. The fraction of sp³-hybridized carbons (Fsp3) is 0.238. The van der Waals surface area contributed by atoms with E-state index in [1.54, 1.807) is 37.4 Å². The zero-order chi connectivity index (χ0) is 20.1. The fourth-order valence-electron chi connectivity index (χ4n) is 3.06. The van der Waals surface area contributed by atoms with E-state index in [4.69, 9.17) is 0 Å². The van der Waals surface area contributed by atoms with E-state index in [0.717, 1.165) is 5.69 Å². The van der Waals surface area contributed by atoms with E-state index >= 15 is 0 Å². The number of nitrogens with one attached hydrogen (secondary N) is 1. The number of phenolic OH excluding ortho intramolecular Hbond substituents is 1. The van der Waals surface area contributed by atoms with Crippen LogP contribution < -0.4 is 10.2 Å². The van der Waals surface area contributed by atoms with Gasteiger partial charge in [0.15, 0.2) is 0 Å². The molecule has 1 amide bonds. The van der Waals surface area contributed by atoms with Crippen molar-refractivity contribution in [2.24, 2.45) is 0 Å². The predicted octanol–water partition coefficient (Wildman–Crippen LogP) is 3.01. The van der Waals surface area contributed by atoms with Crippen molar-refractivity contribution in [3.63, 3.8) is 0 Å². The van der Waals surface area contributed by atoms with Gasteiger partial charge in [-0.25, -0.2) is 4.39 Å². The Morgan fingerprint density at radius 1 is 1.18 bits per heavy atom. The molecule has 1 fully saturated rings. The van der Waals surface area contributed by atoms with Gasteiger partial charge in [-0.15, -0.1) is 0 Å². The number of piperazine rings is 1. The van der Waals surface area contributed by atoms with Gasteiger partial charge in [0.05, 0.1) is 0 Å². The van der Waals surface area contributed by atoms with E-state index in [2.05, 4.69) is 10.2 Å². The summed E-state index contributed by atoms with van der Waals surface area (Å²) in [4.78, 5) is 16.5. The summed E-state index contributed by atoms with van der Waals surface area (Å²) in [6, 6.07) is 12.9. The molecular formula is C21H21FN4O2. The van der Waals surface area contributed by atoms with Gasteiger partial charge in [0.25, 0.3) is 5.91 Å². The highest BCUT2D eigenvalue weighted by molar-refractivity contribution is 6.06. The minimum Gasteiger partial charge on any atom is -0.508 e. The van der Waals surface area contributed by atoms with Crippen LogP contribution in [0, 0.1) is 24.1 Å². The number of nitriles is 1. The van der Waals surface area contributed by atoms with E-state index in [-0.39, 0.29) is 17.1 Å². The second-order valence-electron chi connectivity index (χ2n) is 6.61. The van der Waals surface area contributed by atoms with Gasteiger partial charge in [-0.1, -0.05) is 0 Å². The summed E-state index contributed by atoms with van der Waals surface area (Å²) in [5.74, 6) is -0.637. The molecule has 3 rings (SSSR count). The number of hydrogen-bond acceptors (Lipinski definition) is 5. The van der Waals surface area contributed by atoms with E-state index in [1.165, 1.54) is 18.2 Å². The molecule has 1 saturated heterocycles. The molecule has 0 aliphatic carbocycles. The van der Waals surface area contributed by atoms with Crippen molar-refractivity contribution in [3.05, 3.63) is 65.6 Å². The first-order chi connectivity index (χ1) is 13.5. The highest BCUT2D eigenvalue weighted by atomic mass is 19.1. The Kier molecular flexibility index (Phi) is 5.80. The van der Waals surface area contributed by atoms with E-state index < -0.39 is 5.91 Å². The standard InChI is InChI=1S/C21H21FN4O2/c1-15-12-19(27)6-7-20(15)24-21(28)16(13-23)14-25-8-10-26(11-9-25)18-4-2-17(22)3-5-18/h2-7,12,14,27H,8-11H2,1H3,(H,24,28)/b16-14-. The molecule has 1 aliphatic rings. The lowest BCUT2D eigenvalue weighted by Gasteiger charge is -2.35. The molecule has 0 bridgehead atoms. The second kappa shape index (κ2) is 8.44. The maximum atomic E-state index is 13.1. The average Bonchev–Trinajstić information content (AvgIpc) is 2.69. The maximum Gasteiger partial charge on any atom is 0.267 e. The number of aryl methyl sites for hydroxylation is 1. The summed E-state index contributed by atoms with van der Waals surface area (Å²) >= 11 is 0. The molecule has 0 atom stereocenters. The van der Waals surface area contributed by atoms with Crippen molar-refractivity contribution in [1.29, 1.82) is 5.26 Å². The molecule has 1 heterocycles. The third-order valence-electron chi connectivity index (χ3n) is 4.64. The fourth-order valence-corrected chi connectivity index (χ4v) is 3.06. The molecule has 144 valence electrons. The SMILES string of the molecule is Cc1cc(O)ccc1NC(=O)/C(C#N)=C\N1CCN(c2ccc(F)cc2)CC1. The lowest BCUT2D eigenvalue weighted by molar-refractivity contribution is -0.112. The topological polar surface area (TPSA) is 79.6 Å². The van der Waals surface area contributed by atoms with Crippen LogP contribution in [0.2, 0.25) is 0 Å². The Morgan fingerprint density at radius 3 is 2.46 bits per heavy atom. The van der Waals surface area contributed by atoms with Gasteiger partial charge in [0, 0.05) is 43.8 Å². The zero-order valence-corrected chi connectivity index (χ0v) is 15.5. The minimum atomic E-state index is -0.489. The summed E-state index contributed by atoms with van der Waals surface area (Å²) in [5, 5.41) is 21.5. The molecule has 0 saturated carbocycles. The van der Waals surface area contributed by atoms with Gasteiger partial charge in [0.2, 0.25) is 0 Å². The molecular weight excluding hydrogens is 359 g/mol. The Balaban J connectivity index is 1.62. The van der Waals surface area contributed by atoms with Crippen LogP contribution in [-0.2, 0) is 4.79 Å². The third kappa shape index (κ3) is 4.60. The van der Waals surface area contributed by atoms with Gasteiger partial charge in [-0.3, -0.25) is 4.79 Å². The molecule has 2 aromatic rings. The Bertz CT molecular complexity index is 926. The van der Waals surface area contributed by atoms with Gasteiger partial charge in [0.1, 0.15) is 23.2 Å². The molecule has 2 N–H and O–H groups in total. The number of carbonyl (C=O) groups excluding carboxylic acids is 1. The van der Waals surface area contributed by atoms with Crippen molar-refractivity contribution in [1.82, 2.24) is 4.90 Å². The number of amides is 1. The van der Waals surface area contributed by atoms with Gasteiger partial charge in [-0.05, 0) is 55.0 Å². The molecule has 1 aliphatic heterocycles. The van der Waals surface area contributed by atoms with E-state index in [9.17, 15) is 19.6 Å². The molecule has 28 heavy (non-hydrogen) atoms. The summed E-state index contributed by atoms with van der Waals surface area (Å²) in [7, 11) is 0. The van der Waals surface area contributed by atoms with Crippen LogP contribution in [0.25, 0.3) is 0 Å². The van der Waals surface area contributed by atoms with Gasteiger partial charge >= 0.3 is 0 Å². The van der Waals surface area contributed by atoms with Crippen molar-refractivity contribution in [3.8, 4) is 11.8 Å². The molecule has 0 unspecified atom stereocenters. The molecule has 0 spiro atoms. The van der Waals surface area contributed by atoms with Crippen molar-refractivity contribution >= 4 is 17.3 Å². The zero-order valence-electron chi connectivity index (χ0n) is 15.5. The lowest BCUT2D eigenvalue weighted by Crippen LogP contribution is -2.44. The Labute approximate surface area is 163 Å². The highest BCUT2D eigenvalue weighted by Gasteiger charge is 2.18. The van der Waals surface area contributed by atoms with Crippen molar-refractivity contribution in [2.45, 2.75) is 6.92 Å². The monoisotopic (exact) mass is 380 g/mol. The summed E-state index contributed by atoms with van der Waals surface area (Å²) < 4.78 is 13.1. The smallest absolute Gasteiger partial charge is 0.267 e. The Hall–Kier alpha value is -3.53. The van der Waals surface area contributed by atoms with Crippen LogP contribution >= 0.6 is 0 Å². The number of benzene rings is 2. The average molecular weight is 380 g/mol. The Morgan fingerprint density at radius 2 is 1.86 bits per heavy atom. The predicted molar refractivity (Wildman–Crippen MR) is 105 cm³/mol. The van der Waals surface area contributed by atoms with Crippen LogP contribution in [0.3, 0.4) is 0 Å². The van der Waals surface area contributed by atoms with Gasteiger partial charge < -0.3 is 20.2 Å². The number of hydrogen-bond donors (Lipinski definition) is 2. The maximum absolute atomic E-state index is 13.1. The molecule has 0 radical (unpaired) electrons. The first-order valence-corrected chi connectivity index (χ1v) is 8.94. The number of carbonyl (C=O) groups is 1.